The molecule has 3 nitrogen and oxygen atoms in total. The SMILES string of the molecule is Cc1c(Sc2cccc3ccccc23)cc(C(C)(C)C)c(O)c1C(=O)O. The predicted octanol–water partition coefficient (Wildman–Crippen LogP) is 6.00. The normalized spacial score (nSPS) is 11.7. The van der Waals surface area contributed by atoms with Crippen LogP contribution in [0.4, 0.5) is 0 Å². The maximum atomic E-state index is 11.8. The van der Waals surface area contributed by atoms with E-state index >= 15 is 0 Å². The fraction of sp³-hybridized carbons (Fsp3) is 0.227. The number of carbonyl (C=O) groups is 1. The molecule has 0 saturated carbocycles. The summed E-state index contributed by atoms with van der Waals surface area (Å²) < 4.78 is 0. The molecule has 0 saturated heterocycles. The van der Waals surface area contributed by atoms with E-state index in [2.05, 4.69) is 18.2 Å². The highest BCUT2D eigenvalue weighted by Gasteiger charge is 2.27. The summed E-state index contributed by atoms with van der Waals surface area (Å²) in [6, 6.07) is 16.2. The van der Waals surface area contributed by atoms with Crippen molar-refractivity contribution in [1.29, 1.82) is 0 Å². The molecule has 0 atom stereocenters. The Kier molecular flexibility index (Phi) is 4.72. The fourth-order valence-corrected chi connectivity index (χ4v) is 4.20. The topological polar surface area (TPSA) is 57.5 Å². The van der Waals surface area contributed by atoms with Crippen molar-refractivity contribution in [2.45, 2.75) is 42.9 Å². The van der Waals surface area contributed by atoms with Crippen molar-refractivity contribution in [2.24, 2.45) is 0 Å². The van der Waals surface area contributed by atoms with Crippen LogP contribution in [0.3, 0.4) is 0 Å². The Morgan fingerprint density at radius 2 is 1.65 bits per heavy atom. The number of hydrogen-bond acceptors (Lipinski definition) is 3. The second-order valence-electron chi connectivity index (χ2n) is 7.41. The van der Waals surface area contributed by atoms with Crippen molar-refractivity contribution in [3.05, 3.63) is 65.2 Å². The molecule has 2 N–H and O–H groups in total. The molecule has 134 valence electrons. The third kappa shape index (κ3) is 3.29. The Morgan fingerprint density at radius 3 is 2.31 bits per heavy atom. The van der Waals surface area contributed by atoms with Crippen LogP contribution in [-0.4, -0.2) is 16.2 Å². The van der Waals surface area contributed by atoms with Gasteiger partial charge < -0.3 is 10.2 Å². The molecule has 3 aromatic carbocycles. The van der Waals surface area contributed by atoms with Gasteiger partial charge in [0.2, 0.25) is 0 Å². The van der Waals surface area contributed by atoms with Crippen molar-refractivity contribution in [1.82, 2.24) is 0 Å². The first-order valence-electron chi connectivity index (χ1n) is 8.46. The maximum Gasteiger partial charge on any atom is 0.339 e. The minimum absolute atomic E-state index is 0.0137. The molecular formula is C22H22O3S. The molecule has 4 heteroatoms. The van der Waals surface area contributed by atoms with E-state index in [-0.39, 0.29) is 16.7 Å². The zero-order valence-corrected chi connectivity index (χ0v) is 16.1. The van der Waals surface area contributed by atoms with Crippen LogP contribution in [0.2, 0.25) is 0 Å². The van der Waals surface area contributed by atoms with Crippen LogP contribution in [0.25, 0.3) is 10.8 Å². The summed E-state index contributed by atoms with van der Waals surface area (Å²) >= 11 is 1.54. The monoisotopic (exact) mass is 366 g/mol. The minimum Gasteiger partial charge on any atom is -0.507 e. The number of aromatic carboxylic acids is 1. The lowest BCUT2D eigenvalue weighted by molar-refractivity contribution is 0.0692. The van der Waals surface area contributed by atoms with Crippen LogP contribution in [-0.2, 0) is 5.41 Å². The van der Waals surface area contributed by atoms with E-state index in [1.165, 1.54) is 11.8 Å². The van der Waals surface area contributed by atoms with Gasteiger partial charge >= 0.3 is 5.97 Å². The van der Waals surface area contributed by atoms with E-state index < -0.39 is 5.97 Å². The van der Waals surface area contributed by atoms with Gasteiger partial charge in [0.15, 0.2) is 0 Å². The third-order valence-electron chi connectivity index (χ3n) is 4.50. The number of fused-ring (bicyclic) bond motifs is 1. The van der Waals surface area contributed by atoms with Gasteiger partial charge in [0.05, 0.1) is 0 Å². The summed E-state index contributed by atoms with van der Waals surface area (Å²) in [5, 5.41) is 22.4. The Bertz CT molecular complexity index is 995. The standard InChI is InChI=1S/C22H22O3S/c1-13-18(12-16(22(2,3)4)20(23)19(13)21(24)25)26-17-11-7-9-14-8-5-6-10-15(14)17/h5-12,23H,1-4H3,(H,24,25). The number of benzene rings is 3. The lowest BCUT2D eigenvalue weighted by Gasteiger charge is -2.24. The zero-order valence-electron chi connectivity index (χ0n) is 15.3. The number of phenols is 1. The summed E-state index contributed by atoms with van der Waals surface area (Å²) in [7, 11) is 0. The molecule has 26 heavy (non-hydrogen) atoms. The molecule has 0 aliphatic carbocycles. The van der Waals surface area contributed by atoms with Gasteiger partial charge in [0.1, 0.15) is 11.3 Å². The van der Waals surface area contributed by atoms with Gasteiger partial charge in [0.25, 0.3) is 0 Å². The molecule has 0 aliphatic heterocycles. The maximum absolute atomic E-state index is 11.8. The first-order chi connectivity index (χ1) is 12.2. The molecule has 0 spiro atoms. The fourth-order valence-electron chi connectivity index (χ4n) is 3.09. The average molecular weight is 366 g/mol. The number of carboxylic acids is 1. The zero-order chi connectivity index (χ0) is 19.1. The highest BCUT2D eigenvalue weighted by Crippen LogP contribution is 2.43. The van der Waals surface area contributed by atoms with Gasteiger partial charge in [0, 0.05) is 15.4 Å². The van der Waals surface area contributed by atoms with Gasteiger partial charge in [-0.3, -0.25) is 0 Å². The Morgan fingerprint density at radius 1 is 1.00 bits per heavy atom. The second kappa shape index (κ2) is 6.69. The van der Waals surface area contributed by atoms with Gasteiger partial charge in [-0.05, 0) is 40.8 Å². The number of hydrogen-bond donors (Lipinski definition) is 2. The summed E-state index contributed by atoms with van der Waals surface area (Å²) in [6.07, 6.45) is 0. The number of carboxylic acid groups (broad SMARTS) is 1. The molecule has 0 aromatic heterocycles. The highest BCUT2D eigenvalue weighted by atomic mass is 32.2. The van der Waals surface area contributed by atoms with Crippen LogP contribution in [0.15, 0.2) is 58.3 Å². The summed E-state index contributed by atoms with van der Waals surface area (Å²) in [6.45, 7) is 7.66. The lowest BCUT2D eigenvalue weighted by atomic mass is 9.84. The summed E-state index contributed by atoms with van der Waals surface area (Å²) in [5.41, 5.74) is 0.847. The van der Waals surface area contributed by atoms with Crippen LogP contribution >= 0.6 is 11.8 Å². The first-order valence-corrected chi connectivity index (χ1v) is 9.27. The van der Waals surface area contributed by atoms with Gasteiger partial charge in [-0.1, -0.05) is 68.9 Å². The van der Waals surface area contributed by atoms with Crippen molar-refractivity contribution in [3.63, 3.8) is 0 Å². The second-order valence-corrected chi connectivity index (χ2v) is 8.49. The molecule has 0 bridgehead atoms. The Labute approximate surface area is 157 Å². The highest BCUT2D eigenvalue weighted by molar-refractivity contribution is 7.99. The van der Waals surface area contributed by atoms with E-state index in [1.54, 1.807) is 6.92 Å². The third-order valence-corrected chi connectivity index (χ3v) is 5.72. The molecule has 0 unspecified atom stereocenters. The van der Waals surface area contributed by atoms with E-state index in [0.717, 1.165) is 20.6 Å². The molecule has 0 radical (unpaired) electrons. The Balaban J connectivity index is 2.21. The van der Waals surface area contributed by atoms with E-state index in [4.69, 9.17) is 0 Å². The van der Waals surface area contributed by atoms with Crippen LogP contribution in [0.5, 0.6) is 5.75 Å². The van der Waals surface area contributed by atoms with E-state index in [0.29, 0.717) is 11.1 Å². The van der Waals surface area contributed by atoms with Crippen molar-refractivity contribution >= 4 is 28.5 Å². The smallest absolute Gasteiger partial charge is 0.339 e. The first kappa shape index (κ1) is 18.3. The molecular weight excluding hydrogens is 344 g/mol. The van der Waals surface area contributed by atoms with Crippen LogP contribution < -0.4 is 0 Å². The molecule has 0 heterocycles. The molecule has 0 amide bonds. The number of aromatic hydroxyl groups is 1. The van der Waals surface area contributed by atoms with Crippen molar-refractivity contribution in [2.75, 3.05) is 0 Å². The minimum atomic E-state index is -1.11. The number of rotatable bonds is 3. The summed E-state index contributed by atoms with van der Waals surface area (Å²) in [5.74, 6) is -1.24. The van der Waals surface area contributed by atoms with Gasteiger partial charge in [-0.25, -0.2) is 4.79 Å². The van der Waals surface area contributed by atoms with Gasteiger partial charge in [-0.2, -0.15) is 0 Å². The summed E-state index contributed by atoms with van der Waals surface area (Å²) in [4.78, 5) is 13.7. The molecule has 0 fully saturated rings. The largest absolute Gasteiger partial charge is 0.507 e. The van der Waals surface area contributed by atoms with Crippen molar-refractivity contribution in [3.8, 4) is 5.75 Å². The molecule has 3 rings (SSSR count). The van der Waals surface area contributed by atoms with E-state index in [1.807, 2.05) is 51.1 Å². The lowest BCUT2D eigenvalue weighted by Crippen LogP contribution is -2.14. The van der Waals surface area contributed by atoms with Crippen LogP contribution in [0, 0.1) is 6.92 Å². The Hall–Kier alpha value is -2.46. The van der Waals surface area contributed by atoms with Crippen molar-refractivity contribution < 1.29 is 15.0 Å². The van der Waals surface area contributed by atoms with Crippen LogP contribution in [0.1, 0.15) is 42.3 Å². The van der Waals surface area contributed by atoms with E-state index in [9.17, 15) is 15.0 Å². The van der Waals surface area contributed by atoms with Gasteiger partial charge in [-0.15, -0.1) is 0 Å². The average Bonchev–Trinajstić information content (AvgIpc) is 2.56. The predicted molar refractivity (Wildman–Crippen MR) is 107 cm³/mol. The quantitative estimate of drug-likeness (QED) is 0.597. The molecule has 0 aliphatic rings. The molecule has 3 aromatic rings.